The highest BCUT2D eigenvalue weighted by atomic mass is 15.3. The van der Waals surface area contributed by atoms with Crippen molar-refractivity contribution in [3.63, 3.8) is 0 Å². The normalized spacial score (nSPS) is 15.0. The van der Waals surface area contributed by atoms with Gasteiger partial charge in [-0.3, -0.25) is 0 Å². The molecule has 0 amide bonds. The molecule has 0 unspecified atom stereocenters. The van der Waals surface area contributed by atoms with Gasteiger partial charge in [-0.05, 0) is 35.4 Å². The van der Waals surface area contributed by atoms with Crippen LogP contribution in [0.2, 0.25) is 0 Å². The number of nitrogens with zero attached hydrogens (tertiary/aromatic N) is 2. The molecule has 0 fully saturated rings. The van der Waals surface area contributed by atoms with E-state index >= 15 is 0 Å². The van der Waals surface area contributed by atoms with Gasteiger partial charge in [0, 0.05) is 29.2 Å². The average molecular weight is 275 g/mol. The van der Waals surface area contributed by atoms with Crippen molar-refractivity contribution in [3.05, 3.63) is 72.1 Å². The second-order valence-corrected chi connectivity index (χ2v) is 5.98. The van der Waals surface area contributed by atoms with E-state index in [0.29, 0.717) is 0 Å². The minimum atomic E-state index is -0.000176. The Morgan fingerprint density at radius 1 is 0.952 bits per heavy atom. The van der Waals surface area contributed by atoms with Gasteiger partial charge in [0.25, 0.3) is 0 Å². The van der Waals surface area contributed by atoms with E-state index in [-0.39, 0.29) is 5.41 Å². The third-order valence-corrected chi connectivity index (χ3v) is 4.32. The Morgan fingerprint density at radius 3 is 2.57 bits per heavy atom. The summed E-state index contributed by atoms with van der Waals surface area (Å²) in [5.41, 5.74) is 6.07. The molecule has 1 aromatic heterocycles. The summed E-state index contributed by atoms with van der Waals surface area (Å²) in [5, 5.41) is 7.86. The minimum Gasteiger partial charge on any atom is -0.355 e. The zero-order chi connectivity index (χ0) is 14.4. The fraction of sp³-hybridized carbons (Fsp3) is 0.167. The number of nitrogens with one attached hydrogen (secondary N) is 1. The molecule has 4 rings (SSSR count). The third-order valence-electron chi connectivity index (χ3n) is 4.32. The maximum Gasteiger partial charge on any atom is 0.0666 e. The Balaban J connectivity index is 1.89. The Labute approximate surface area is 124 Å². The Bertz CT molecular complexity index is 801. The summed E-state index contributed by atoms with van der Waals surface area (Å²) in [7, 11) is 0. The van der Waals surface area contributed by atoms with Crippen molar-refractivity contribution < 1.29 is 0 Å². The second kappa shape index (κ2) is 4.22. The molecule has 0 atom stereocenters. The summed E-state index contributed by atoms with van der Waals surface area (Å²) in [6, 6.07) is 17.0. The lowest BCUT2D eigenvalue weighted by Crippen LogP contribution is -2.26. The zero-order valence-electron chi connectivity index (χ0n) is 12.2. The van der Waals surface area contributed by atoms with Gasteiger partial charge < -0.3 is 5.32 Å². The molecule has 3 aromatic rings. The monoisotopic (exact) mass is 275 g/mol. The van der Waals surface area contributed by atoms with Crippen LogP contribution in [0, 0.1) is 0 Å². The van der Waals surface area contributed by atoms with Crippen molar-refractivity contribution in [2.24, 2.45) is 0 Å². The first kappa shape index (κ1) is 12.2. The maximum absolute atomic E-state index is 4.30. The van der Waals surface area contributed by atoms with Gasteiger partial charge >= 0.3 is 0 Å². The van der Waals surface area contributed by atoms with Crippen LogP contribution in [0.1, 0.15) is 25.0 Å². The highest BCUT2D eigenvalue weighted by Gasteiger charge is 2.32. The summed E-state index contributed by atoms with van der Waals surface area (Å²) >= 11 is 0. The Hall–Kier alpha value is -2.55. The largest absolute Gasteiger partial charge is 0.355 e. The number of rotatable bonds is 1. The van der Waals surface area contributed by atoms with Crippen LogP contribution < -0.4 is 5.32 Å². The van der Waals surface area contributed by atoms with Gasteiger partial charge in [-0.15, -0.1) is 0 Å². The molecule has 0 aliphatic carbocycles. The van der Waals surface area contributed by atoms with Gasteiger partial charge in [0.1, 0.15) is 0 Å². The van der Waals surface area contributed by atoms with Crippen molar-refractivity contribution in [1.82, 2.24) is 9.78 Å². The molecule has 0 bridgehead atoms. The molecule has 0 spiro atoms. The lowest BCUT2D eigenvalue weighted by molar-refractivity contribution is 0.637. The minimum absolute atomic E-state index is 0.000176. The van der Waals surface area contributed by atoms with Crippen LogP contribution in [0.3, 0.4) is 0 Å². The highest BCUT2D eigenvalue weighted by Crippen LogP contribution is 2.45. The van der Waals surface area contributed by atoms with Gasteiger partial charge in [-0.1, -0.05) is 38.1 Å². The second-order valence-electron chi connectivity index (χ2n) is 5.98. The van der Waals surface area contributed by atoms with Gasteiger partial charge in [0.2, 0.25) is 0 Å². The van der Waals surface area contributed by atoms with Crippen LogP contribution in [0.25, 0.3) is 5.69 Å². The molecule has 0 radical (unpaired) electrons. The first-order valence-corrected chi connectivity index (χ1v) is 7.17. The SMILES string of the molecule is CC1(C)c2ccccc2Nc2cc(-n3cccn3)ccc21. The van der Waals surface area contributed by atoms with Crippen LogP contribution in [0.5, 0.6) is 0 Å². The van der Waals surface area contributed by atoms with Crippen LogP contribution in [0.4, 0.5) is 11.4 Å². The Morgan fingerprint density at radius 2 is 1.76 bits per heavy atom. The number of aromatic nitrogens is 2. The number of hydrogen-bond acceptors (Lipinski definition) is 2. The highest BCUT2D eigenvalue weighted by molar-refractivity contribution is 5.76. The van der Waals surface area contributed by atoms with Gasteiger partial charge in [-0.2, -0.15) is 5.10 Å². The molecule has 0 saturated carbocycles. The first-order chi connectivity index (χ1) is 10.2. The lowest BCUT2D eigenvalue weighted by Gasteiger charge is -2.35. The van der Waals surface area contributed by atoms with Crippen LogP contribution in [-0.2, 0) is 5.41 Å². The molecule has 3 nitrogen and oxygen atoms in total. The molecule has 2 aromatic carbocycles. The van der Waals surface area contributed by atoms with Crippen molar-refractivity contribution in [1.29, 1.82) is 0 Å². The van der Waals surface area contributed by atoms with Crippen molar-refractivity contribution in [2.45, 2.75) is 19.3 Å². The third kappa shape index (κ3) is 1.77. The molecule has 1 aliphatic heterocycles. The lowest BCUT2D eigenvalue weighted by atomic mass is 9.74. The smallest absolute Gasteiger partial charge is 0.0666 e. The Kier molecular flexibility index (Phi) is 2.45. The van der Waals surface area contributed by atoms with Crippen LogP contribution in [0.15, 0.2) is 60.9 Å². The fourth-order valence-electron chi connectivity index (χ4n) is 3.17. The van der Waals surface area contributed by atoms with E-state index in [1.165, 1.54) is 16.8 Å². The summed E-state index contributed by atoms with van der Waals surface area (Å²) in [4.78, 5) is 0. The van der Waals surface area contributed by atoms with Gasteiger partial charge in [0.05, 0.1) is 5.69 Å². The molecular formula is C18H17N3. The standard InChI is InChI=1S/C18H17N3/c1-18(2)14-6-3-4-7-16(14)20-17-12-13(8-9-15(17)18)21-11-5-10-19-21/h3-12,20H,1-2H3. The first-order valence-electron chi connectivity index (χ1n) is 7.17. The molecule has 21 heavy (non-hydrogen) atoms. The van der Waals surface area contributed by atoms with Crippen molar-refractivity contribution in [3.8, 4) is 5.69 Å². The molecule has 3 heteroatoms. The number of anilines is 2. The topological polar surface area (TPSA) is 29.9 Å². The quantitative estimate of drug-likeness (QED) is 0.719. The van der Waals surface area contributed by atoms with E-state index in [1.54, 1.807) is 6.20 Å². The van der Waals surface area contributed by atoms with Crippen LogP contribution >= 0.6 is 0 Å². The number of benzene rings is 2. The van der Waals surface area contributed by atoms with E-state index in [0.717, 1.165) is 11.4 Å². The van der Waals surface area contributed by atoms with Crippen molar-refractivity contribution in [2.75, 3.05) is 5.32 Å². The molecule has 1 aliphatic rings. The number of para-hydroxylation sites is 1. The molecule has 2 heterocycles. The van der Waals surface area contributed by atoms with E-state index in [1.807, 2.05) is 16.9 Å². The summed E-state index contributed by atoms with van der Waals surface area (Å²) < 4.78 is 1.88. The van der Waals surface area contributed by atoms with E-state index in [2.05, 4.69) is 66.7 Å². The van der Waals surface area contributed by atoms with Crippen molar-refractivity contribution >= 4 is 11.4 Å². The fourth-order valence-corrected chi connectivity index (χ4v) is 3.17. The molecular weight excluding hydrogens is 258 g/mol. The van der Waals surface area contributed by atoms with E-state index in [4.69, 9.17) is 0 Å². The van der Waals surface area contributed by atoms with E-state index in [9.17, 15) is 0 Å². The zero-order valence-corrected chi connectivity index (χ0v) is 12.2. The number of fused-ring (bicyclic) bond motifs is 2. The number of hydrogen-bond donors (Lipinski definition) is 1. The summed E-state index contributed by atoms with van der Waals surface area (Å²) in [6.45, 7) is 4.55. The molecule has 0 saturated heterocycles. The molecule has 104 valence electrons. The average Bonchev–Trinajstić information content (AvgIpc) is 3.01. The predicted molar refractivity (Wildman–Crippen MR) is 85.4 cm³/mol. The van der Waals surface area contributed by atoms with E-state index < -0.39 is 0 Å². The maximum atomic E-state index is 4.30. The van der Waals surface area contributed by atoms with Gasteiger partial charge in [0.15, 0.2) is 0 Å². The van der Waals surface area contributed by atoms with Gasteiger partial charge in [-0.25, -0.2) is 4.68 Å². The predicted octanol–water partition coefficient (Wildman–Crippen LogP) is 4.26. The van der Waals surface area contributed by atoms with Crippen LogP contribution in [-0.4, -0.2) is 9.78 Å². The summed E-state index contributed by atoms with van der Waals surface area (Å²) in [6.07, 6.45) is 3.76. The molecule has 1 N–H and O–H groups in total. The summed E-state index contributed by atoms with van der Waals surface area (Å²) in [5.74, 6) is 0.